The van der Waals surface area contributed by atoms with E-state index in [4.69, 9.17) is 9.15 Å². The molecule has 0 aliphatic rings. The Hall–Kier alpha value is -3.35. The number of hydrogen-bond donors (Lipinski definition) is 1. The van der Waals surface area contributed by atoms with E-state index in [-0.39, 0.29) is 12.5 Å². The van der Waals surface area contributed by atoms with E-state index >= 15 is 0 Å². The zero-order valence-corrected chi connectivity index (χ0v) is 15.3. The predicted molar refractivity (Wildman–Crippen MR) is 104 cm³/mol. The standard InChI is InChI=1S/C20H21N3O4/c1-3-23(4-2)18-9-7-15(12-21-18)22-19(24)13-26-16-8-5-14-6-10-20(25)27-17(14)11-16/h5-12H,3-4,13H2,1-2H3,(H,22,24). The number of fused-ring (bicyclic) bond motifs is 1. The number of aromatic nitrogens is 1. The molecule has 1 N–H and O–H groups in total. The first-order chi connectivity index (χ1) is 13.1. The lowest BCUT2D eigenvalue weighted by molar-refractivity contribution is -0.118. The highest BCUT2D eigenvalue weighted by Gasteiger charge is 2.07. The summed E-state index contributed by atoms with van der Waals surface area (Å²) in [6, 6.07) is 11.8. The average molecular weight is 367 g/mol. The number of rotatable bonds is 7. The number of anilines is 2. The van der Waals surface area contributed by atoms with Gasteiger partial charge in [-0.05, 0) is 44.2 Å². The van der Waals surface area contributed by atoms with Crippen LogP contribution < -0.4 is 20.6 Å². The molecule has 7 nitrogen and oxygen atoms in total. The van der Waals surface area contributed by atoms with E-state index in [0.717, 1.165) is 24.3 Å². The summed E-state index contributed by atoms with van der Waals surface area (Å²) >= 11 is 0. The maximum absolute atomic E-state index is 12.1. The highest BCUT2D eigenvalue weighted by atomic mass is 16.5. The molecular formula is C20H21N3O4. The quantitative estimate of drug-likeness (QED) is 0.646. The minimum absolute atomic E-state index is 0.166. The number of nitrogens with one attached hydrogen (secondary N) is 1. The van der Waals surface area contributed by atoms with Crippen molar-refractivity contribution in [3.05, 3.63) is 59.1 Å². The van der Waals surface area contributed by atoms with E-state index in [2.05, 4.69) is 29.0 Å². The van der Waals surface area contributed by atoms with Crippen molar-refractivity contribution >= 4 is 28.4 Å². The Kier molecular flexibility index (Phi) is 5.71. The lowest BCUT2D eigenvalue weighted by atomic mass is 10.2. The summed E-state index contributed by atoms with van der Waals surface area (Å²) in [5.74, 6) is 1.01. The van der Waals surface area contributed by atoms with Gasteiger partial charge in [0, 0.05) is 30.6 Å². The van der Waals surface area contributed by atoms with Crippen molar-refractivity contribution in [1.82, 2.24) is 4.98 Å². The second kappa shape index (κ2) is 8.35. The van der Waals surface area contributed by atoms with Gasteiger partial charge in [-0.3, -0.25) is 4.79 Å². The molecule has 0 saturated heterocycles. The van der Waals surface area contributed by atoms with Crippen molar-refractivity contribution in [2.45, 2.75) is 13.8 Å². The second-order valence-electron chi connectivity index (χ2n) is 5.87. The topological polar surface area (TPSA) is 84.7 Å². The predicted octanol–water partition coefficient (Wildman–Crippen LogP) is 3.05. The van der Waals surface area contributed by atoms with Crippen LogP contribution in [0, 0.1) is 0 Å². The molecule has 0 unspecified atom stereocenters. The zero-order chi connectivity index (χ0) is 19.2. The van der Waals surface area contributed by atoms with E-state index in [1.165, 1.54) is 6.07 Å². The third-order valence-corrected chi connectivity index (χ3v) is 4.08. The van der Waals surface area contributed by atoms with Crippen molar-refractivity contribution < 1.29 is 13.9 Å². The fraction of sp³-hybridized carbons (Fsp3) is 0.250. The number of carbonyl (C=O) groups is 1. The molecular weight excluding hydrogens is 346 g/mol. The number of benzene rings is 1. The number of amides is 1. The largest absolute Gasteiger partial charge is 0.484 e. The summed E-state index contributed by atoms with van der Waals surface area (Å²) in [5, 5.41) is 3.53. The zero-order valence-electron chi connectivity index (χ0n) is 15.3. The van der Waals surface area contributed by atoms with Crippen LogP contribution >= 0.6 is 0 Å². The molecule has 1 aromatic carbocycles. The number of ether oxygens (including phenoxy) is 1. The van der Waals surface area contributed by atoms with Gasteiger partial charge in [0.15, 0.2) is 6.61 Å². The minimum atomic E-state index is -0.432. The Morgan fingerprint density at radius 2 is 1.93 bits per heavy atom. The van der Waals surface area contributed by atoms with Gasteiger partial charge in [-0.15, -0.1) is 0 Å². The molecule has 0 saturated carbocycles. The van der Waals surface area contributed by atoms with Crippen LogP contribution in [-0.2, 0) is 4.79 Å². The first-order valence-electron chi connectivity index (χ1n) is 8.76. The molecule has 27 heavy (non-hydrogen) atoms. The van der Waals surface area contributed by atoms with Crippen LogP contribution in [0.5, 0.6) is 5.75 Å². The Bertz CT molecular complexity index is 978. The fourth-order valence-electron chi connectivity index (χ4n) is 2.67. The fourth-order valence-corrected chi connectivity index (χ4v) is 2.67. The van der Waals surface area contributed by atoms with Crippen LogP contribution in [0.2, 0.25) is 0 Å². The van der Waals surface area contributed by atoms with Crippen LogP contribution in [0.15, 0.2) is 57.9 Å². The summed E-state index contributed by atoms with van der Waals surface area (Å²) < 4.78 is 10.6. The van der Waals surface area contributed by atoms with E-state index in [9.17, 15) is 9.59 Å². The summed E-state index contributed by atoms with van der Waals surface area (Å²) in [4.78, 5) is 29.9. The van der Waals surface area contributed by atoms with E-state index < -0.39 is 5.63 Å². The maximum Gasteiger partial charge on any atom is 0.336 e. The lowest BCUT2D eigenvalue weighted by Gasteiger charge is -2.19. The first kappa shape index (κ1) is 18.4. The van der Waals surface area contributed by atoms with E-state index in [1.54, 1.807) is 30.5 Å². The highest BCUT2D eigenvalue weighted by molar-refractivity contribution is 5.91. The molecule has 140 valence electrons. The first-order valence-corrected chi connectivity index (χ1v) is 8.76. The Morgan fingerprint density at radius 3 is 2.63 bits per heavy atom. The normalized spacial score (nSPS) is 10.6. The molecule has 2 heterocycles. The Balaban J connectivity index is 1.59. The summed E-state index contributed by atoms with van der Waals surface area (Å²) in [5.41, 5.74) is 0.582. The third-order valence-electron chi connectivity index (χ3n) is 4.08. The summed E-state index contributed by atoms with van der Waals surface area (Å²) in [6.45, 7) is 5.70. The minimum Gasteiger partial charge on any atom is -0.484 e. The lowest BCUT2D eigenvalue weighted by Crippen LogP contribution is -2.23. The average Bonchev–Trinajstić information content (AvgIpc) is 2.68. The molecule has 3 rings (SSSR count). The van der Waals surface area contributed by atoms with Crippen LogP contribution in [0.25, 0.3) is 11.0 Å². The smallest absolute Gasteiger partial charge is 0.336 e. The Morgan fingerprint density at radius 1 is 1.15 bits per heavy atom. The van der Waals surface area contributed by atoms with E-state index in [1.807, 2.05) is 12.1 Å². The summed E-state index contributed by atoms with van der Waals surface area (Å²) in [7, 11) is 0. The number of hydrogen-bond acceptors (Lipinski definition) is 6. The van der Waals surface area contributed by atoms with Gasteiger partial charge in [-0.25, -0.2) is 9.78 Å². The van der Waals surface area contributed by atoms with Gasteiger partial charge in [0.25, 0.3) is 5.91 Å². The monoisotopic (exact) mass is 367 g/mol. The molecule has 3 aromatic rings. The molecule has 0 aliphatic carbocycles. The van der Waals surface area contributed by atoms with Crippen molar-refractivity contribution in [2.24, 2.45) is 0 Å². The van der Waals surface area contributed by atoms with Gasteiger partial charge < -0.3 is 19.4 Å². The van der Waals surface area contributed by atoms with Gasteiger partial charge in [0.1, 0.15) is 17.2 Å². The van der Waals surface area contributed by atoms with Gasteiger partial charge in [0.2, 0.25) is 0 Å². The molecule has 0 fully saturated rings. The number of nitrogens with zero attached hydrogens (tertiary/aromatic N) is 2. The SMILES string of the molecule is CCN(CC)c1ccc(NC(=O)COc2ccc3ccc(=O)oc3c2)cn1. The van der Waals surface area contributed by atoms with Crippen LogP contribution in [0.3, 0.4) is 0 Å². The van der Waals surface area contributed by atoms with Gasteiger partial charge in [-0.2, -0.15) is 0 Å². The van der Waals surface area contributed by atoms with Gasteiger partial charge in [-0.1, -0.05) is 0 Å². The molecule has 0 bridgehead atoms. The van der Waals surface area contributed by atoms with Crippen LogP contribution in [-0.4, -0.2) is 30.6 Å². The molecule has 0 atom stereocenters. The van der Waals surface area contributed by atoms with E-state index in [0.29, 0.717) is 17.0 Å². The Labute approximate surface area is 156 Å². The maximum atomic E-state index is 12.1. The second-order valence-corrected chi connectivity index (χ2v) is 5.87. The van der Waals surface area contributed by atoms with Crippen molar-refractivity contribution in [3.8, 4) is 5.75 Å². The molecule has 7 heteroatoms. The van der Waals surface area contributed by atoms with Crippen molar-refractivity contribution in [2.75, 3.05) is 29.9 Å². The molecule has 1 amide bonds. The van der Waals surface area contributed by atoms with Gasteiger partial charge in [0.05, 0.1) is 11.9 Å². The number of carbonyl (C=O) groups excluding carboxylic acids is 1. The summed E-state index contributed by atoms with van der Waals surface area (Å²) in [6.07, 6.45) is 1.62. The molecule has 0 aliphatic heterocycles. The number of pyridine rings is 1. The molecule has 0 radical (unpaired) electrons. The van der Waals surface area contributed by atoms with Crippen LogP contribution in [0.4, 0.5) is 11.5 Å². The third kappa shape index (κ3) is 4.63. The molecule has 0 spiro atoms. The molecule has 2 aromatic heterocycles. The van der Waals surface area contributed by atoms with Crippen molar-refractivity contribution in [1.29, 1.82) is 0 Å². The van der Waals surface area contributed by atoms with Crippen molar-refractivity contribution in [3.63, 3.8) is 0 Å². The highest BCUT2D eigenvalue weighted by Crippen LogP contribution is 2.19. The van der Waals surface area contributed by atoms with Crippen LogP contribution in [0.1, 0.15) is 13.8 Å². The van der Waals surface area contributed by atoms with Gasteiger partial charge >= 0.3 is 5.63 Å².